The number of carbonyl (C=O) groups is 1. The Morgan fingerprint density at radius 1 is 1.00 bits per heavy atom. The van der Waals surface area contributed by atoms with Crippen LogP contribution in [0.4, 0.5) is 5.69 Å². The first kappa shape index (κ1) is 17.7. The molecule has 3 rings (SSSR count). The first-order chi connectivity index (χ1) is 12.7. The van der Waals surface area contributed by atoms with Crippen molar-refractivity contribution in [2.45, 2.75) is 19.3 Å². The number of nitrogens with zero attached hydrogens (tertiary/aromatic N) is 1. The third kappa shape index (κ3) is 4.09. The molecule has 0 saturated carbocycles. The van der Waals surface area contributed by atoms with Crippen molar-refractivity contribution in [3.05, 3.63) is 89.6 Å². The molecule has 4 nitrogen and oxygen atoms in total. The molecular weight excluding hydrogens is 324 g/mol. The summed E-state index contributed by atoms with van der Waals surface area (Å²) in [7, 11) is 1.56. The van der Waals surface area contributed by atoms with Gasteiger partial charge in [0.15, 0.2) is 0 Å². The third-order valence-electron chi connectivity index (χ3n) is 4.32. The van der Waals surface area contributed by atoms with Crippen molar-refractivity contribution >= 4 is 11.6 Å². The van der Waals surface area contributed by atoms with Gasteiger partial charge in [0.2, 0.25) is 11.8 Å². The maximum atomic E-state index is 11.7. The fourth-order valence-electron chi connectivity index (χ4n) is 3.13. The van der Waals surface area contributed by atoms with Gasteiger partial charge in [-0.05, 0) is 29.2 Å². The van der Waals surface area contributed by atoms with E-state index in [2.05, 4.69) is 34.6 Å². The van der Waals surface area contributed by atoms with Crippen LogP contribution in [0.5, 0.6) is 5.88 Å². The van der Waals surface area contributed by atoms with E-state index in [0.717, 1.165) is 12.0 Å². The molecule has 1 aromatic heterocycles. The van der Waals surface area contributed by atoms with Gasteiger partial charge in [0, 0.05) is 19.0 Å². The first-order valence-corrected chi connectivity index (χ1v) is 8.58. The van der Waals surface area contributed by atoms with E-state index in [1.807, 2.05) is 42.5 Å². The summed E-state index contributed by atoms with van der Waals surface area (Å²) in [6, 6.07) is 22.7. The topological polar surface area (TPSA) is 51.2 Å². The van der Waals surface area contributed by atoms with Crippen LogP contribution in [0.2, 0.25) is 0 Å². The van der Waals surface area contributed by atoms with Gasteiger partial charge in [0.05, 0.1) is 7.11 Å². The molecular formula is C22H22N2O2. The molecule has 3 aromatic rings. The van der Waals surface area contributed by atoms with Crippen molar-refractivity contribution < 1.29 is 9.53 Å². The van der Waals surface area contributed by atoms with Crippen LogP contribution in [-0.4, -0.2) is 18.0 Å². The molecule has 0 aliphatic heterocycles. The van der Waals surface area contributed by atoms with Gasteiger partial charge < -0.3 is 10.1 Å². The Bertz CT molecular complexity index is 824. The van der Waals surface area contributed by atoms with Crippen LogP contribution in [-0.2, 0) is 11.2 Å². The van der Waals surface area contributed by atoms with Crippen molar-refractivity contribution in [2.24, 2.45) is 0 Å². The summed E-state index contributed by atoms with van der Waals surface area (Å²) < 4.78 is 5.35. The van der Waals surface area contributed by atoms with Gasteiger partial charge >= 0.3 is 0 Å². The van der Waals surface area contributed by atoms with Crippen LogP contribution in [0.3, 0.4) is 0 Å². The van der Waals surface area contributed by atoms with E-state index in [-0.39, 0.29) is 11.8 Å². The number of carbonyl (C=O) groups excluding carboxylic acids is 1. The Hall–Kier alpha value is -3.14. The molecule has 2 aromatic carbocycles. The smallest absolute Gasteiger partial charge is 0.237 e. The minimum absolute atomic E-state index is 0.145. The lowest BCUT2D eigenvalue weighted by Gasteiger charge is -2.21. The Balaban J connectivity index is 2.04. The molecule has 0 fully saturated rings. The van der Waals surface area contributed by atoms with Crippen LogP contribution in [0.25, 0.3) is 0 Å². The first-order valence-electron chi connectivity index (χ1n) is 8.58. The summed E-state index contributed by atoms with van der Waals surface area (Å²) >= 11 is 0. The van der Waals surface area contributed by atoms with Crippen LogP contribution in [0.1, 0.15) is 29.5 Å². The molecule has 0 unspecified atom stereocenters. The zero-order valence-corrected chi connectivity index (χ0v) is 15.0. The summed E-state index contributed by atoms with van der Waals surface area (Å²) in [5.41, 5.74) is 4.08. The van der Waals surface area contributed by atoms with Crippen LogP contribution < -0.4 is 10.1 Å². The number of aromatic nitrogens is 1. The predicted octanol–water partition coefficient (Wildman–Crippen LogP) is 4.42. The third-order valence-corrected chi connectivity index (χ3v) is 4.32. The van der Waals surface area contributed by atoms with Crippen molar-refractivity contribution in [3.8, 4) is 5.88 Å². The molecule has 0 radical (unpaired) electrons. The van der Waals surface area contributed by atoms with Gasteiger partial charge in [-0.25, -0.2) is 4.98 Å². The second kappa shape index (κ2) is 8.30. The Labute approximate surface area is 153 Å². The van der Waals surface area contributed by atoms with Crippen LogP contribution in [0, 0.1) is 0 Å². The molecule has 0 atom stereocenters. The second-order valence-corrected chi connectivity index (χ2v) is 6.11. The predicted molar refractivity (Wildman–Crippen MR) is 104 cm³/mol. The normalized spacial score (nSPS) is 10.6. The maximum Gasteiger partial charge on any atom is 0.237 e. The van der Waals surface area contributed by atoms with Gasteiger partial charge in [-0.2, -0.15) is 0 Å². The second-order valence-electron chi connectivity index (χ2n) is 6.11. The summed E-state index contributed by atoms with van der Waals surface area (Å²) in [5.74, 6) is 0.447. The van der Waals surface area contributed by atoms with Gasteiger partial charge in [0.1, 0.15) is 5.69 Å². The molecule has 26 heavy (non-hydrogen) atoms. The molecule has 1 N–H and O–H groups in total. The molecule has 0 bridgehead atoms. The summed E-state index contributed by atoms with van der Waals surface area (Å²) in [6.07, 6.45) is 2.44. The largest absolute Gasteiger partial charge is 0.480 e. The van der Waals surface area contributed by atoms with Gasteiger partial charge in [-0.15, -0.1) is 0 Å². The number of pyridine rings is 1. The van der Waals surface area contributed by atoms with Crippen LogP contribution >= 0.6 is 0 Å². The minimum Gasteiger partial charge on any atom is -0.480 e. The number of methoxy groups -OCH3 is 1. The van der Waals surface area contributed by atoms with Crippen molar-refractivity contribution in [2.75, 3.05) is 12.4 Å². The van der Waals surface area contributed by atoms with Crippen molar-refractivity contribution in [1.29, 1.82) is 0 Å². The maximum absolute atomic E-state index is 11.7. The number of hydrogen-bond donors (Lipinski definition) is 1. The number of ether oxygens (including phenoxy) is 1. The van der Waals surface area contributed by atoms with E-state index >= 15 is 0 Å². The zero-order chi connectivity index (χ0) is 18.4. The average molecular weight is 346 g/mol. The molecule has 1 amide bonds. The molecule has 0 aliphatic rings. The molecule has 132 valence electrons. The highest BCUT2D eigenvalue weighted by Gasteiger charge is 2.19. The molecule has 0 spiro atoms. The number of benzene rings is 2. The van der Waals surface area contributed by atoms with E-state index in [0.29, 0.717) is 11.6 Å². The standard InChI is InChI=1S/C22H22N2O2/c1-16(25)24-21-19(13-14-23-22(21)26-2)15-20(17-9-5-3-6-10-17)18-11-7-4-8-12-18/h3-14,20H,15H2,1-2H3,(H,24,25). The minimum atomic E-state index is -0.145. The highest BCUT2D eigenvalue weighted by atomic mass is 16.5. The van der Waals surface area contributed by atoms with Crippen LogP contribution in [0.15, 0.2) is 72.9 Å². The van der Waals surface area contributed by atoms with E-state index in [1.54, 1.807) is 13.3 Å². The lowest BCUT2D eigenvalue weighted by molar-refractivity contribution is -0.114. The molecule has 0 saturated heterocycles. The van der Waals surface area contributed by atoms with E-state index in [4.69, 9.17) is 4.74 Å². The van der Waals surface area contributed by atoms with Gasteiger partial charge in [0.25, 0.3) is 0 Å². The monoisotopic (exact) mass is 346 g/mol. The fraction of sp³-hybridized carbons (Fsp3) is 0.182. The number of amides is 1. The highest BCUT2D eigenvalue weighted by Crippen LogP contribution is 2.34. The Morgan fingerprint density at radius 2 is 1.58 bits per heavy atom. The number of rotatable bonds is 6. The Morgan fingerprint density at radius 3 is 2.08 bits per heavy atom. The summed E-state index contributed by atoms with van der Waals surface area (Å²) in [6.45, 7) is 1.49. The molecule has 1 heterocycles. The van der Waals surface area contributed by atoms with Crippen molar-refractivity contribution in [1.82, 2.24) is 4.98 Å². The SMILES string of the molecule is COc1nccc(CC(c2ccccc2)c2ccccc2)c1NC(C)=O. The average Bonchev–Trinajstić information content (AvgIpc) is 2.68. The van der Waals surface area contributed by atoms with E-state index in [9.17, 15) is 4.79 Å². The lowest BCUT2D eigenvalue weighted by atomic mass is 9.86. The zero-order valence-electron chi connectivity index (χ0n) is 15.0. The molecule has 0 aliphatic carbocycles. The van der Waals surface area contributed by atoms with E-state index in [1.165, 1.54) is 18.1 Å². The van der Waals surface area contributed by atoms with Gasteiger partial charge in [-0.3, -0.25) is 4.79 Å². The van der Waals surface area contributed by atoms with Crippen molar-refractivity contribution in [3.63, 3.8) is 0 Å². The Kier molecular flexibility index (Phi) is 5.64. The summed E-state index contributed by atoms with van der Waals surface area (Å²) in [4.78, 5) is 15.9. The number of nitrogens with one attached hydrogen (secondary N) is 1. The highest BCUT2D eigenvalue weighted by molar-refractivity contribution is 5.91. The number of hydrogen-bond acceptors (Lipinski definition) is 3. The number of anilines is 1. The quantitative estimate of drug-likeness (QED) is 0.719. The lowest BCUT2D eigenvalue weighted by Crippen LogP contribution is -2.13. The molecule has 4 heteroatoms. The fourth-order valence-corrected chi connectivity index (χ4v) is 3.13. The summed E-state index contributed by atoms with van der Waals surface area (Å²) in [5, 5.41) is 2.87. The van der Waals surface area contributed by atoms with Gasteiger partial charge in [-0.1, -0.05) is 60.7 Å². The van der Waals surface area contributed by atoms with E-state index < -0.39 is 0 Å².